The third-order valence-corrected chi connectivity index (χ3v) is 5.13. The second kappa shape index (κ2) is 6.14. The van der Waals surface area contributed by atoms with Gasteiger partial charge in [-0.15, -0.1) is 0 Å². The van der Waals surface area contributed by atoms with E-state index in [1.54, 1.807) is 23.1 Å². The van der Waals surface area contributed by atoms with Gasteiger partial charge in [0.15, 0.2) is 0 Å². The lowest BCUT2D eigenvalue weighted by molar-refractivity contribution is 0.0754. The quantitative estimate of drug-likeness (QED) is 0.789. The van der Waals surface area contributed by atoms with Gasteiger partial charge in [-0.25, -0.2) is 0 Å². The summed E-state index contributed by atoms with van der Waals surface area (Å²) in [5, 5.41) is 0. The Balaban J connectivity index is 1.60. The van der Waals surface area contributed by atoms with Crippen LogP contribution in [0.3, 0.4) is 0 Å². The summed E-state index contributed by atoms with van der Waals surface area (Å²) < 4.78 is 29.2. The van der Waals surface area contributed by atoms with Gasteiger partial charge in [0, 0.05) is 18.7 Å². The van der Waals surface area contributed by atoms with Gasteiger partial charge in [0.25, 0.3) is 16.0 Å². The molecule has 0 saturated heterocycles. The average molecular weight is 331 g/mol. The van der Waals surface area contributed by atoms with Crippen molar-refractivity contribution in [2.75, 3.05) is 13.2 Å². The van der Waals surface area contributed by atoms with E-state index in [9.17, 15) is 13.2 Å². The van der Waals surface area contributed by atoms with Crippen molar-refractivity contribution in [2.45, 2.75) is 18.4 Å². The Morgan fingerprint density at radius 2 is 1.78 bits per heavy atom. The molecule has 2 aromatic carbocycles. The molecule has 0 N–H and O–H groups in total. The Hall–Kier alpha value is -2.18. The van der Waals surface area contributed by atoms with Crippen molar-refractivity contribution in [1.29, 1.82) is 0 Å². The Morgan fingerprint density at radius 1 is 1.09 bits per heavy atom. The van der Waals surface area contributed by atoms with Gasteiger partial charge in [-0.2, -0.15) is 8.42 Å². The van der Waals surface area contributed by atoms with Crippen molar-refractivity contribution in [3.63, 3.8) is 0 Å². The zero-order valence-electron chi connectivity index (χ0n) is 12.7. The molecule has 1 aliphatic heterocycles. The fourth-order valence-electron chi connectivity index (χ4n) is 2.53. The lowest BCUT2D eigenvalue weighted by Gasteiger charge is -2.15. The molecule has 23 heavy (non-hydrogen) atoms. The van der Waals surface area contributed by atoms with Crippen molar-refractivity contribution < 1.29 is 17.4 Å². The molecule has 0 fully saturated rings. The molecule has 2 aromatic rings. The number of nitrogens with zero attached hydrogens (tertiary/aromatic N) is 1. The van der Waals surface area contributed by atoms with E-state index in [0.29, 0.717) is 12.1 Å². The summed E-state index contributed by atoms with van der Waals surface area (Å²) in [6.45, 7) is 2.55. The summed E-state index contributed by atoms with van der Waals surface area (Å²) in [6, 6.07) is 13.8. The molecular formula is C17H17NO4S. The van der Waals surface area contributed by atoms with Crippen molar-refractivity contribution >= 4 is 16.0 Å². The van der Waals surface area contributed by atoms with Crippen molar-refractivity contribution in [3.05, 3.63) is 65.2 Å². The molecule has 0 atom stereocenters. The number of aryl methyl sites for hydroxylation is 1. The molecule has 1 amide bonds. The molecule has 0 aromatic heterocycles. The van der Waals surface area contributed by atoms with Crippen molar-refractivity contribution in [1.82, 2.24) is 4.90 Å². The van der Waals surface area contributed by atoms with Gasteiger partial charge >= 0.3 is 0 Å². The van der Waals surface area contributed by atoms with Crippen molar-refractivity contribution in [2.24, 2.45) is 0 Å². The van der Waals surface area contributed by atoms with Crippen LogP contribution in [-0.4, -0.2) is 32.4 Å². The zero-order valence-corrected chi connectivity index (χ0v) is 13.5. The molecule has 0 saturated carbocycles. The van der Waals surface area contributed by atoms with E-state index < -0.39 is 10.1 Å². The third-order valence-electron chi connectivity index (χ3n) is 3.81. The van der Waals surface area contributed by atoms with E-state index in [1.165, 1.54) is 12.1 Å². The Labute approximate surface area is 135 Å². The predicted octanol–water partition coefficient (Wildman–Crippen LogP) is 2.36. The van der Waals surface area contributed by atoms with E-state index in [2.05, 4.69) is 0 Å². The number of benzene rings is 2. The maximum atomic E-state index is 12.2. The Bertz CT molecular complexity index is 828. The third kappa shape index (κ3) is 3.28. The number of rotatable bonds is 5. The van der Waals surface area contributed by atoms with Gasteiger partial charge in [-0.1, -0.05) is 35.9 Å². The highest BCUT2D eigenvalue weighted by Gasteiger charge is 2.27. The minimum atomic E-state index is -3.79. The first kappa shape index (κ1) is 15.7. The summed E-state index contributed by atoms with van der Waals surface area (Å²) in [5.41, 5.74) is 2.61. The van der Waals surface area contributed by atoms with Crippen LogP contribution in [0.15, 0.2) is 53.4 Å². The van der Waals surface area contributed by atoms with E-state index >= 15 is 0 Å². The van der Waals surface area contributed by atoms with Gasteiger partial charge in [-0.3, -0.25) is 8.98 Å². The molecule has 0 spiro atoms. The highest BCUT2D eigenvalue weighted by atomic mass is 32.2. The van der Waals surface area contributed by atoms with Crippen LogP contribution in [0.5, 0.6) is 0 Å². The van der Waals surface area contributed by atoms with E-state index in [1.807, 2.05) is 25.1 Å². The second-order valence-corrected chi connectivity index (χ2v) is 7.09. The van der Waals surface area contributed by atoms with Gasteiger partial charge in [0.05, 0.1) is 11.5 Å². The largest absolute Gasteiger partial charge is 0.332 e. The maximum absolute atomic E-state index is 12.2. The van der Waals surface area contributed by atoms with Crippen LogP contribution in [0.25, 0.3) is 0 Å². The summed E-state index contributed by atoms with van der Waals surface area (Å²) in [6.07, 6.45) is 0. The SMILES string of the molecule is Cc1ccc(S(=O)(=O)OCCN2Cc3ccccc3C2=O)cc1. The van der Waals surface area contributed by atoms with Gasteiger partial charge in [0.2, 0.25) is 0 Å². The van der Waals surface area contributed by atoms with Crippen molar-refractivity contribution in [3.8, 4) is 0 Å². The molecule has 1 aliphatic rings. The van der Waals surface area contributed by atoms with E-state index in [-0.39, 0.29) is 24.0 Å². The van der Waals surface area contributed by atoms with Gasteiger partial charge in [0.1, 0.15) is 0 Å². The lowest BCUT2D eigenvalue weighted by atomic mass is 10.1. The topological polar surface area (TPSA) is 63.7 Å². The maximum Gasteiger partial charge on any atom is 0.297 e. The molecule has 0 aliphatic carbocycles. The summed E-state index contributed by atoms with van der Waals surface area (Å²) in [4.78, 5) is 13.9. The molecular weight excluding hydrogens is 314 g/mol. The monoisotopic (exact) mass is 331 g/mol. The molecule has 5 nitrogen and oxygen atoms in total. The summed E-state index contributed by atoms with van der Waals surface area (Å²) >= 11 is 0. The fourth-order valence-corrected chi connectivity index (χ4v) is 3.42. The average Bonchev–Trinajstić information content (AvgIpc) is 2.84. The molecule has 0 unspecified atom stereocenters. The lowest BCUT2D eigenvalue weighted by Crippen LogP contribution is -2.28. The smallest absolute Gasteiger partial charge is 0.297 e. The molecule has 6 heteroatoms. The normalized spacial score (nSPS) is 14.1. The standard InChI is InChI=1S/C17H17NO4S/c1-13-6-8-15(9-7-13)23(20,21)22-11-10-18-12-14-4-2-3-5-16(14)17(18)19/h2-9H,10-12H2,1H3. The molecule has 120 valence electrons. The molecule has 1 heterocycles. The number of carbonyl (C=O) groups excluding carboxylic acids is 1. The number of hydrogen-bond acceptors (Lipinski definition) is 4. The number of carbonyl (C=O) groups is 1. The Kier molecular flexibility index (Phi) is 4.19. The highest BCUT2D eigenvalue weighted by molar-refractivity contribution is 7.86. The van der Waals surface area contributed by atoms with Crippen LogP contribution in [0, 0.1) is 6.92 Å². The van der Waals surface area contributed by atoms with Gasteiger partial charge in [-0.05, 0) is 30.7 Å². The molecule has 3 rings (SSSR count). The number of hydrogen-bond donors (Lipinski definition) is 0. The van der Waals surface area contributed by atoms with Crippen LogP contribution in [0.2, 0.25) is 0 Å². The molecule has 0 radical (unpaired) electrons. The Morgan fingerprint density at radius 3 is 2.48 bits per heavy atom. The second-order valence-electron chi connectivity index (χ2n) is 5.47. The first-order valence-electron chi connectivity index (χ1n) is 7.31. The summed E-state index contributed by atoms with van der Waals surface area (Å²) in [5.74, 6) is -0.0862. The predicted molar refractivity (Wildman–Crippen MR) is 85.5 cm³/mol. The number of amides is 1. The number of fused-ring (bicyclic) bond motifs is 1. The van der Waals surface area contributed by atoms with Crippen LogP contribution < -0.4 is 0 Å². The van der Waals surface area contributed by atoms with E-state index in [4.69, 9.17) is 4.18 Å². The van der Waals surface area contributed by atoms with Crippen LogP contribution in [0.1, 0.15) is 21.5 Å². The zero-order chi connectivity index (χ0) is 16.4. The first-order chi connectivity index (χ1) is 11.0. The van der Waals surface area contributed by atoms with Crippen LogP contribution in [-0.2, 0) is 20.8 Å². The summed E-state index contributed by atoms with van der Waals surface area (Å²) in [7, 11) is -3.79. The van der Waals surface area contributed by atoms with E-state index in [0.717, 1.165) is 11.1 Å². The van der Waals surface area contributed by atoms with Crippen LogP contribution >= 0.6 is 0 Å². The minimum Gasteiger partial charge on any atom is -0.332 e. The highest BCUT2D eigenvalue weighted by Crippen LogP contribution is 2.22. The van der Waals surface area contributed by atoms with Crippen LogP contribution in [0.4, 0.5) is 0 Å². The van der Waals surface area contributed by atoms with Gasteiger partial charge < -0.3 is 4.90 Å². The first-order valence-corrected chi connectivity index (χ1v) is 8.71. The molecule has 0 bridgehead atoms. The fraction of sp³-hybridized carbons (Fsp3) is 0.235. The minimum absolute atomic E-state index is 0.0596.